The van der Waals surface area contributed by atoms with Gasteiger partial charge in [-0.3, -0.25) is 9.59 Å². The van der Waals surface area contributed by atoms with Crippen LogP contribution in [0.1, 0.15) is 28.8 Å². The van der Waals surface area contributed by atoms with Crippen molar-refractivity contribution in [1.82, 2.24) is 4.90 Å². The van der Waals surface area contributed by atoms with E-state index in [1.165, 1.54) is 0 Å². The number of halogens is 4. The standard InChI is InChI=1S/C13H11F4NO3/c14-10-4-1-7(13(15,16)17)5-9(10)12(21)18(6-11(19)20)8-2-3-8/h1,4-5,8H,2-3,6H2,(H,19,20). The Morgan fingerprint density at radius 3 is 2.38 bits per heavy atom. The number of alkyl halides is 3. The van der Waals surface area contributed by atoms with Crippen molar-refractivity contribution in [3.8, 4) is 0 Å². The molecule has 4 nitrogen and oxygen atoms in total. The molecule has 1 aromatic carbocycles. The highest BCUT2D eigenvalue weighted by atomic mass is 19.4. The summed E-state index contributed by atoms with van der Waals surface area (Å²) in [5, 5.41) is 8.74. The number of rotatable bonds is 4. The normalized spacial score (nSPS) is 14.9. The van der Waals surface area contributed by atoms with Crippen molar-refractivity contribution in [2.75, 3.05) is 6.54 Å². The van der Waals surface area contributed by atoms with Crippen LogP contribution in [0.4, 0.5) is 17.6 Å². The average Bonchev–Trinajstić information content (AvgIpc) is 3.18. The van der Waals surface area contributed by atoms with Crippen molar-refractivity contribution in [3.05, 3.63) is 35.1 Å². The third-order valence-electron chi connectivity index (χ3n) is 3.08. The first-order chi connectivity index (χ1) is 9.70. The summed E-state index contributed by atoms with van der Waals surface area (Å²) in [6, 6.07) is 1.14. The molecular weight excluding hydrogens is 294 g/mol. The number of nitrogens with zero attached hydrogens (tertiary/aromatic N) is 1. The first kappa shape index (κ1) is 15.3. The van der Waals surface area contributed by atoms with Crippen LogP contribution in [0.15, 0.2) is 18.2 Å². The summed E-state index contributed by atoms with van der Waals surface area (Å²) in [6.45, 7) is -0.667. The Labute approximate surface area is 117 Å². The van der Waals surface area contributed by atoms with Gasteiger partial charge in [0.1, 0.15) is 12.4 Å². The number of aliphatic carboxylic acids is 1. The van der Waals surface area contributed by atoms with Gasteiger partial charge in [0.25, 0.3) is 5.91 Å². The third-order valence-corrected chi connectivity index (χ3v) is 3.08. The van der Waals surface area contributed by atoms with Crippen LogP contribution in [0.2, 0.25) is 0 Å². The van der Waals surface area contributed by atoms with Gasteiger partial charge in [0, 0.05) is 6.04 Å². The SMILES string of the molecule is O=C(O)CN(C(=O)c1cc(C(F)(F)F)ccc1F)C1CC1. The summed E-state index contributed by atoms with van der Waals surface area (Å²) in [5.41, 5.74) is -1.92. The van der Waals surface area contributed by atoms with E-state index in [-0.39, 0.29) is 6.04 Å². The van der Waals surface area contributed by atoms with E-state index in [4.69, 9.17) is 5.11 Å². The number of benzene rings is 1. The van der Waals surface area contributed by atoms with Crippen LogP contribution >= 0.6 is 0 Å². The van der Waals surface area contributed by atoms with E-state index < -0.39 is 41.5 Å². The smallest absolute Gasteiger partial charge is 0.416 e. The number of amides is 1. The minimum Gasteiger partial charge on any atom is -0.480 e. The topological polar surface area (TPSA) is 57.6 Å². The molecule has 0 saturated heterocycles. The Balaban J connectivity index is 2.34. The molecule has 0 heterocycles. The van der Waals surface area contributed by atoms with Gasteiger partial charge >= 0.3 is 12.1 Å². The molecule has 1 aromatic rings. The summed E-state index contributed by atoms with van der Waals surface area (Å²) in [5.74, 6) is -3.45. The maximum atomic E-state index is 13.6. The second-order valence-electron chi connectivity index (χ2n) is 4.75. The summed E-state index contributed by atoms with van der Waals surface area (Å²) < 4.78 is 51.4. The monoisotopic (exact) mass is 305 g/mol. The van der Waals surface area contributed by atoms with E-state index in [0.29, 0.717) is 31.0 Å². The van der Waals surface area contributed by atoms with Gasteiger partial charge in [-0.1, -0.05) is 0 Å². The Kier molecular flexibility index (Phi) is 3.89. The van der Waals surface area contributed by atoms with Crippen LogP contribution in [-0.4, -0.2) is 34.5 Å². The molecule has 0 bridgehead atoms. The van der Waals surface area contributed by atoms with Crippen LogP contribution in [0, 0.1) is 5.82 Å². The van der Waals surface area contributed by atoms with Crippen LogP contribution in [-0.2, 0) is 11.0 Å². The summed E-state index contributed by atoms with van der Waals surface area (Å²) >= 11 is 0. The number of carbonyl (C=O) groups excluding carboxylic acids is 1. The summed E-state index contributed by atoms with van der Waals surface area (Å²) in [6.07, 6.45) is -3.60. The van der Waals surface area contributed by atoms with Gasteiger partial charge in [0.15, 0.2) is 0 Å². The Morgan fingerprint density at radius 2 is 1.90 bits per heavy atom. The minimum absolute atomic E-state index is 0.359. The van der Waals surface area contributed by atoms with Gasteiger partial charge < -0.3 is 10.0 Å². The van der Waals surface area contributed by atoms with Gasteiger partial charge in [-0.15, -0.1) is 0 Å². The number of carboxylic acids is 1. The number of carbonyl (C=O) groups is 2. The highest BCUT2D eigenvalue weighted by Crippen LogP contribution is 2.32. The van der Waals surface area contributed by atoms with E-state index >= 15 is 0 Å². The van der Waals surface area contributed by atoms with Crippen LogP contribution in [0.3, 0.4) is 0 Å². The fourth-order valence-corrected chi connectivity index (χ4v) is 1.92. The Hall–Kier alpha value is -2.12. The second kappa shape index (κ2) is 5.34. The van der Waals surface area contributed by atoms with Crippen molar-refractivity contribution in [1.29, 1.82) is 0 Å². The van der Waals surface area contributed by atoms with Crippen molar-refractivity contribution in [2.24, 2.45) is 0 Å². The minimum atomic E-state index is -4.71. The van der Waals surface area contributed by atoms with Crippen molar-refractivity contribution >= 4 is 11.9 Å². The molecule has 1 fully saturated rings. The molecular formula is C13H11F4NO3. The quantitative estimate of drug-likeness (QED) is 0.870. The van der Waals surface area contributed by atoms with E-state index in [1.807, 2.05) is 0 Å². The molecule has 0 atom stereocenters. The molecule has 1 saturated carbocycles. The number of hydrogen-bond donors (Lipinski definition) is 1. The van der Waals surface area contributed by atoms with E-state index in [9.17, 15) is 27.2 Å². The molecule has 2 rings (SSSR count). The molecule has 1 aliphatic carbocycles. The zero-order valence-electron chi connectivity index (χ0n) is 10.7. The van der Waals surface area contributed by atoms with E-state index in [2.05, 4.69) is 0 Å². The maximum absolute atomic E-state index is 13.6. The van der Waals surface area contributed by atoms with E-state index in [0.717, 1.165) is 4.90 Å². The lowest BCUT2D eigenvalue weighted by atomic mass is 10.1. The molecule has 1 amide bonds. The summed E-state index contributed by atoms with van der Waals surface area (Å²) in [4.78, 5) is 23.7. The van der Waals surface area contributed by atoms with Crippen molar-refractivity contribution < 1.29 is 32.3 Å². The van der Waals surface area contributed by atoms with Gasteiger partial charge in [0.2, 0.25) is 0 Å². The van der Waals surface area contributed by atoms with Crippen LogP contribution < -0.4 is 0 Å². The zero-order valence-corrected chi connectivity index (χ0v) is 10.7. The molecule has 0 aromatic heterocycles. The van der Waals surface area contributed by atoms with Crippen molar-refractivity contribution in [2.45, 2.75) is 25.1 Å². The second-order valence-corrected chi connectivity index (χ2v) is 4.75. The molecule has 114 valence electrons. The third kappa shape index (κ3) is 3.50. The Morgan fingerprint density at radius 1 is 1.29 bits per heavy atom. The van der Waals surface area contributed by atoms with Crippen LogP contribution in [0.25, 0.3) is 0 Å². The molecule has 1 N–H and O–H groups in total. The highest BCUT2D eigenvalue weighted by Gasteiger charge is 2.37. The average molecular weight is 305 g/mol. The fraction of sp³-hybridized carbons (Fsp3) is 0.385. The van der Waals surface area contributed by atoms with E-state index in [1.54, 1.807) is 0 Å². The lowest BCUT2D eigenvalue weighted by Crippen LogP contribution is -2.38. The predicted molar refractivity (Wildman–Crippen MR) is 63.1 cm³/mol. The molecule has 0 spiro atoms. The first-order valence-electron chi connectivity index (χ1n) is 6.09. The van der Waals surface area contributed by atoms with Gasteiger partial charge in [0.05, 0.1) is 11.1 Å². The number of carboxylic acid groups (broad SMARTS) is 1. The molecule has 8 heteroatoms. The zero-order chi connectivity index (χ0) is 15.8. The summed E-state index contributed by atoms with van der Waals surface area (Å²) in [7, 11) is 0. The molecule has 0 aliphatic heterocycles. The van der Waals surface area contributed by atoms with Gasteiger partial charge in [-0.25, -0.2) is 4.39 Å². The number of hydrogen-bond acceptors (Lipinski definition) is 2. The molecule has 0 radical (unpaired) electrons. The highest BCUT2D eigenvalue weighted by molar-refractivity contribution is 5.96. The first-order valence-corrected chi connectivity index (χ1v) is 6.09. The lowest BCUT2D eigenvalue weighted by Gasteiger charge is -2.21. The van der Waals surface area contributed by atoms with Crippen LogP contribution in [0.5, 0.6) is 0 Å². The lowest BCUT2D eigenvalue weighted by molar-refractivity contribution is -0.138. The van der Waals surface area contributed by atoms with Crippen molar-refractivity contribution in [3.63, 3.8) is 0 Å². The predicted octanol–water partition coefficient (Wildman–Crippen LogP) is 2.53. The molecule has 0 unspecified atom stereocenters. The molecule has 21 heavy (non-hydrogen) atoms. The van der Waals surface area contributed by atoms with Gasteiger partial charge in [-0.05, 0) is 31.0 Å². The Bertz CT molecular complexity index is 581. The van der Waals surface area contributed by atoms with Gasteiger partial charge in [-0.2, -0.15) is 13.2 Å². The maximum Gasteiger partial charge on any atom is 0.416 e. The fourth-order valence-electron chi connectivity index (χ4n) is 1.92. The molecule has 1 aliphatic rings. The largest absolute Gasteiger partial charge is 0.480 e.